The summed E-state index contributed by atoms with van der Waals surface area (Å²) in [7, 11) is 0. The van der Waals surface area contributed by atoms with Crippen molar-refractivity contribution in [3.8, 4) is 0 Å². The molecule has 0 spiro atoms. The number of benzene rings is 1. The molecule has 1 amide bonds. The zero-order chi connectivity index (χ0) is 16.9. The fourth-order valence-corrected chi connectivity index (χ4v) is 3.87. The Morgan fingerprint density at radius 3 is 2.48 bits per heavy atom. The van der Waals surface area contributed by atoms with Gasteiger partial charge in [0.15, 0.2) is 0 Å². The Labute approximate surface area is 142 Å². The van der Waals surface area contributed by atoms with Crippen LogP contribution < -0.4 is 0 Å². The molecule has 128 valence electrons. The number of thioether (sulfide) groups is 1. The topological polar surface area (TPSA) is 40.5 Å². The van der Waals surface area contributed by atoms with Crippen LogP contribution >= 0.6 is 11.8 Å². The summed E-state index contributed by atoms with van der Waals surface area (Å²) in [5.41, 5.74) is 0.00286. The maximum Gasteiger partial charge on any atom is 0.226 e. The van der Waals surface area contributed by atoms with Crippen LogP contribution in [0.25, 0.3) is 0 Å². The summed E-state index contributed by atoms with van der Waals surface area (Å²) in [4.78, 5) is 15.5. The van der Waals surface area contributed by atoms with Crippen LogP contribution in [0.15, 0.2) is 29.2 Å². The second kappa shape index (κ2) is 8.15. The maximum atomic E-state index is 12.9. The molecule has 1 aliphatic rings. The highest BCUT2D eigenvalue weighted by Gasteiger charge is 2.34. The Morgan fingerprint density at radius 2 is 1.96 bits per heavy atom. The van der Waals surface area contributed by atoms with Crippen LogP contribution in [0.4, 0.5) is 4.39 Å². The molecule has 5 heteroatoms. The smallest absolute Gasteiger partial charge is 0.226 e. The van der Waals surface area contributed by atoms with Gasteiger partial charge in [-0.3, -0.25) is 4.79 Å². The highest BCUT2D eigenvalue weighted by molar-refractivity contribution is 7.99. The molecule has 0 aromatic heterocycles. The first kappa shape index (κ1) is 18.3. The molecule has 2 rings (SSSR count). The van der Waals surface area contributed by atoms with Crippen LogP contribution in [-0.2, 0) is 4.79 Å². The van der Waals surface area contributed by atoms with E-state index in [0.29, 0.717) is 5.75 Å². The molecular weight excluding hydrogens is 313 g/mol. The monoisotopic (exact) mass is 339 g/mol. The molecule has 0 saturated carbocycles. The Hall–Kier alpha value is -1.07. The highest BCUT2D eigenvalue weighted by atomic mass is 32.2. The number of halogens is 1. The van der Waals surface area contributed by atoms with Gasteiger partial charge in [-0.1, -0.05) is 13.8 Å². The first-order valence-electron chi connectivity index (χ1n) is 8.28. The second-order valence-corrected chi connectivity index (χ2v) is 7.60. The summed E-state index contributed by atoms with van der Waals surface area (Å²) in [6.45, 7) is 5.74. The Morgan fingerprint density at radius 1 is 1.35 bits per heavy atom. The minimum absolute atomic E-state index is 0.00286. The molecule has 1 fully saturated rings. The third-order valence-electron chi connectivity index (χ3n) is 4.96. The van der Waals surface area contributed by atoms with Crippen molar-refractivity contribution in [1.29, 1.82) is 0 Å². The van der Waals surface area contributed by atoms with E-state index >= 15 is 0 Å². The van der Waals surface area contributed by atoms with Crippen LogP contribution in [0, 0.1) is 17.2 Å². The maximum absolute atomic E-state index is 12.9. The van der Waals surface area contributed by atoms with Crippen molar-refractivity contribution in [3.63, 3.8) is 0 Å². The van der Waals surface area contributed by atoms with E-state index in [-0.39, 0.29) is 29.7 Å². The lowest BCUT2D eigenvalue weighted by Crippen LogP contribution is -2.46. The number of aliphatic hydroxyl groups excluding tert-OH is 1. The summed E-state index contributed by atoms with van der Waals surface area (Å²) in [6, 6.07) is 6.38. The minimum atomic E-state index is -0.241. The molecule has 1 atom stereocenters. The molecule has 0 radical (unpaired) electrons. The SMILES string of the molecule is CCC1(CO)CCN(C(=O)C(C)CSc2ccc(F)cc2)CC1. The predicted molar refractivity (Wildman–Crippen MR) is 91.9 cm³/mol. The number of piperidine rings is 1. The van der Waals surface area contributed by atoms with Gasteiger partial charge in [-0.15, -0.1) is 11.8 Å². The van der Waals surface area contributed by atoms with E-state index in [4.69, 9.17) is 0 Å². The minimum Gasteiger partial charge on any atom is -0.396 e. The van der Waals surface area contributed by atoms with E-state index in [9.17, 15) is 14.3 Å². The predicted octanol–water partition coefficient (Wildman–Crippen LogP) is 3.57. The third-order valence-corrected chi connectivity index (χ3v) is 6.23. The molecule has 1 heterocycles. The number of carbonyl (C=O) groups excluding carboxylic acids is 1. The molecule has 1 unspecified atom stereocenters. The van der Waals surface area contributed by atoms with Gasteiger partial charge in [-0.25, -0.2) is 4.39 Å². The zero-order valence-corrected chi connectivity index (χ0v) is 14.7. The van der Waals surface area contributed by atoms with Crippen molar-refractivity contribution in [2.75, 3.05) is 25.4 Å². The van der Waals surface area contributed by atoms with Crippen LogP contribution in [0.5, 0.6) is 0 Å². The summed E-state index contributed by atoms with van der Waals surface area (Å²) < 4.78 is 12.9. The average Bonchev–Trinajstić information content (AvgIpc) is 2.60. The van der Waals surface area contributed by atoms with Crippen LogP contribution in [0.3, 0.4) is 0 Å². The molecular formula is C18H26FNO2S. The molecule has 1 aromatic rings. The van der Waals surface area contributed by atoms with Gasteiger partial charge in [0.05, 0.1) is 0 Å². The number of aliphatic hydroxyl groups is 1. The van der Waals surface area contributed by atoms with Crippen molar-refractivity contribution in [3.05, 3.63) is 30.1 Å². The molecule has 1 saturated heterocycles. The number of hydrogen-bond acceptors (Lipinski definition) is 3. The third kappa shape index (κ3) is 4.70. The number of hydrogen-bond donors (Lipinski definition) is 1. The van der Waals surface area contributed by atoms with Crippen LogP contribution in [-0.4, -0.2) is 41.4 Å². The molecule has 23 heavy (non-hydrogen) atoms. The number of carbonyl (C=O) groups is 1. The summed E-state index contributed by atoms with van der Waals surface area (Å²) in [5, 5.41) is 9.57. The fraction of sp³-hybridized carbons (Fsp3) is 0.611. The van der Waals surface area contributed by atoms with Gasteiger partial charge in [-0.2, -0.15) is 0 Å². The normalized spacial score (nSPS) is 18.7. The molecule has 1 N–H and O–H groups in total. The summed E-state index contributed by atoms with van der Waals surface area (Å²) in [6.07, 6.45) is 2.72. The van der Waals surface area contributed by atoms with Gasteiger partial charge in [0.1, 0.15) is 5.82 Å². The van der Waals surface area contributed by atoms with E-state index < -0.39 is 0 Å². The second-order valence-electron chi connectivity index (χ2n) is 6.50. The lowest BCUT2D eigenvalue weighted by molar-refractivity contribution is -0.137. The standard InChI is InChI=1S/C18H26FNO2S/c1-3-18(13-21)8-10-20(11-9-18)17(22)14(2)12-23-16-6-4-15(19)5-7-16/h4-7,14,21H,3,8-13H2,1-2H3. The van der Waals surface area contributed by atoms with Crippen molar-refractivity contribution in [2.24, 2.45) is 11.3 Å². The van der Waals surface area contributed by atoms with E-state index in [1.807, 2.05) is 11.8 Å². The zero-order valence-electron chi connectivity index (χ0n) is 13.9. The van der Waals surface area contributed by atoms with Crippen molar-refractivity contribution < 1.29 is 14.3 Å². The van der Waals surface area contributed by atoms with Crippen molar-refractivity contribution in [1.82, 2.24) is 4.90 Å². The summed E-state index contributed by atoms with van der Waals surface area (Å²) >= 11 is 1.58. The van der Waals surface area contributed by atoms with E-state index in [1.54, 1.807) is 23.9 Å². The van der Waals surface area contributed by atoms with Crippen molar-refractivity contribution >= 4 is 17.7 Å². The lowest BCUT2D eigenvalue weighted by Gasteiger charge is -2.41. The Kier molecular flexibility index (Phi) is 6.48. The number of amides is 1. The molecule has 1 aromatic carbocycles. The van der Waals surface area contributed by atoms with Crippen molar-refractivity contribution in [2.45, 2.75) is 38.0 Å². The summed E-state index contributed by atoms with van der Waals surface area (Å²) in [5.74, 6) is 0.575. The van der Waals surface area contributed by atoms with Gasteiger partial charge >= 0.3 is 0 Å². The first-order chi connectivity index (χ1) is 11.0. The number of nitrogens with zero attached hydrogens (tertiary/aromatic N) is 1. The Bertz CT molecular complexity index is 506. The van der Waals surface area contributed by atoms with Gasteiger partial charge in [0.25, 0.3) is 0 Å². The average molecular weight is 339 g/mol. The molecule has 0 aliphatic carbocycles. The Balaban J connectivity index is 1.82. The first-order valence-corrected chi connectivity index (χ1v) is 9.26. The largest absolute Gasteiger partial charge is 0.396 e. The van der Waals surface area contributed by atoms with Gasteiger partial charge in [0.2, 0.25) is 5.91 Å². The quantitative estimate of drug-likeness (QED) is 0.806. The fourth-order valence-electron chi connectivity index (χ4n) is 2.96. The van der Waals surface area contributed by atoms with E-state index in [1.165, 1.54) is 12.1 Å². The van der Waals surface area contributed by atoms with Crippen LogP contribution in [0.1, 0.15) is 33.1 Å². The van der Waals surface area contributed by atoms with Gasteiger partial charge < -0.3 is 10.0 Å². The highest BCUT2D eigenvalue weighted by Crippen LogP contribution is 2.34. The number of likely N-dealkylation sites (tertiary alicyclic amines) is 1. The molecule has 0 bridgehead atoms. The molecule has 3 nitrogen and oxygen atoms in total. The lowest BCUT2D eigenvalue weighted by atomic mass is 9.77. The van der Waals surface area contributed by atoms with Gasteiger partial charge in [0, 0.05) is 36.3 Å². The van der Waals surface area contributed by atoms with Gasteiger partial charge in [-0.05, 0) is 48.9 Å². The number of rotatable bonds is 6. The van der Waals surface area contributed by atoms with E-state index in [2.05, 4.69) is 6.92 Å². The van der Waals surface area contributed by atoms with E-state index in [0.717, 1.165) is 37.2 Å². The molecule has 1 aliphatic heterocycles. The van der Waals surface area contributed by atoms with Crippen LogP contribution in [0.2, 0.25) is 0 Å².